The maximum absolute atomic E-state index is 6.70. The normalized spacial score (nSPS) is 14.4. The summed E-state index contributed by atoms with van der Waals surface area (Å²) in [5.41, 5.74) is 12.8. The lowest BCUT2D eigenvalue weighted by atomic mass is 9.83. The van der Waals surface area contributed by atoms with E-state index in [-0.39, 0.29) is 5.41 Å². The Bertz CT molecular complexity index is 2550. The number of furan rings is 1. The molecule has 0 atom stereocenters. The maximum Gasteiger partial charge on any atom is 0.136 e. The average molecular weight is 599 g/mol. The zero-order valence-corrected chi connectivity index (χ0v) is 28.5. The summed E-state index contributed by atoms with van der Waals surface area (Å²) in [5.74, 6) is 0. The molecule has 0 saturated carbocycles. The third kappa shape index (κ3) is 3.49. The van der Waals surface area contributed by atoms with Crippen molar-refractivity contribution < 1.29 is 4.42 Å². The van der Waals surface area contributed by atoms with Crippen LogP contribution in [0.2, 0.25) is 13.1 Å². The van der Waals surface area contributed by atoms with E-state index in [1.807, 2.05) is 0 Å². The van der Waals surface area contributed by atoms with Crippen LogP contribution in [0.1, 0.15) is 43.0 Å². The largest absolute Gasteiger partial charge is 0.456 e. The summed E-state index contributed by atoms with van der Waals surface area (Å²) in [4.78, 5) is 0. The first-order chi connectivity index (χ1) is 21.4. The first kappa shape index (κ1) is 27.0. The Morgan fingerprint density at radius 3 is 2.09 bits per heavy atom. The number of benzene rings is 7. The molecule has 2 heteroatoms. The first-order valence-corrected chi connectivity index (χ1v) is 19.3. The summed E-state index contributed by atoms with van der Waals surface area (Å²) < 4.78 is 6.70. The maximum atomic E-state index is 6.70. The van der Waals surface area contributed by atoms with Gasteiger partial charge in [-0.05, 0) is 138 Å². The van der Waals surface area contributed by atoms with E-state index in [0.717, 1.165) is 11.2 Å². The molecule has 0 radical (unpaired) electrons. The molecule has 2 heterocycles. The molecule has 0 unspecified atom stereocenters. The van der Waals surface area contributed by atoms with Gasteiger partial charge in [0, 0.05) is 10.8 Å². The van der Waals surface area contributed by atoms with Gasteiger partial charge >= 0.3 is 0 Å². The average Bonchev–Trinajstić information content (AvgIpc) is 3.46. The van der Waals surface area contributed by atoms with E-state index in [2.05, 4.69) is 140 Å². The van der Waals surface area contributed by atoms with Crippen molar-refractivity contribution in [3.63, 3.8) is 0 Å². The van der Waals surface area contributed by atoms with Crippen molar-refractivity contribution in [2.75, 3.05) is 0 Å². The fourth-order valence-electron chi connectivity index (χ4n) is 8.85. The van der Waals surface area contributed by atoms with Gasteiger partial charge in [0.1, 0.15) is 19.2 Å². The topological polar surface area (TPSA) is 13.1 Å². The molecule has 1 nitrogen and oxygen atoms in total. The molecule has 1 aliphatic rings. The minimum absolute atomic E-state index is 0.0566. The van der Waals surface area contributed by atoms with Crippen LogP contribution in [0.3, 0.4) is 0 Å². The monoisotopic (exact) mass is 598 g/mol. The number of aryl methyl sites for hydroxylation is 3. The Kier molecular flexibility index (Phi) is 5.18. The molecule has 8 aromatic rings. The van der Waals surface area contributed by atoms with Crippen molar-refractivity contribution in [1.82, 2.24) is 0 Å². The molecule has 0 amide bonds. The molecule has 0 bridgehead atoms. The van der Waals surface area contributed by atoms with Gasteiger partial charge in [-0.15, -0.1) is 0 Å². The first-order valence-electron chi connectivity index (χ1n) is 16.3. The highest BCUT2D eigenvalue weighted by Gasteiger charge is 2.39. The Labute approximate surface area is 265 Å². The molecule has 0 aliphatic carbocycles. The molecule has 7 aromatic carbocycles. The molecule has 0 fully saturated rings. The van der Waals surface area contributed by atoms with Crippen LogP contribution >= 0.6 is 0 Å². The predicted octanol–water partition coefficient (Wildman–Crippen LogP) is 11.2. The van der Waals surface area contributed by atoms with E-state index in [0.29, 0.717) is 0 Å². The third-order valence-corrected chi connectivity index (χ3v) is 14.4. The van der Waals surface area contributed by atoms with Crippen LogP contribution in [0.4, 0.5) is 0 Å². The lowest BCUT2D eigenvalue weighted by Gasteiger charge is -2.24. The molecule has 9 rings (SSSR count). The van der Waals surface area contributed by atoms with Gasteiger partial charge in [0.25, 0.3) is 0 Å². The molecule has 0 spiro atoms. The van der Waals surface area contributed by atoms with E-state index in [9.17, 15) is 0 Å². The lowest BCUT2D eigenvalue weighted by Crippen LogP contribution is -2.49. The molecule has 1 aliphatic heterocycles. The standard InChI is InChI=1S/C43H38OSi/c1-23-17-24(2)38(25(3)18-23)30-21-34-39-26(19-32-28-11-9-10-12-37(28)45(7,8)42(32)34)13-15-29-40-33-20-27(43(4,5)6)14-16-35(33)44-36(40)22-31(30)41(29)39/h9-22H,1-8H3. The van der Waals surface area contributed by atoms with Crippen molar-refractivity contribution in [2.45, 2.75) is 60.1 Å². The number of hydrogen-bond acceptors (Lipinski definition) is 1. The Hall–Kier alpha value is -4.40. The SMILES string of the molecule is Cc1cc(C)c(-c2cc3c4c(cc5ccc6c7c(cc2c6c53)oc2ccc(C(C)(C)C)cc27)-c2ccccc2[Si]4(C)C)c(C)c1. The summed E-state index contributed by atoms with van der Waals surface area (Å²) in [7, 11) is -1.96. The summed E-state index contributed by atoms with van der Waals surface area (Å²) in [6, 6.07) is 32.8. The highest BCUT2D eigenvalue weighted by Crippen LogP contribution is 2.48. The molecule has 220 valence electrons. The van der Waals surface area contributed by atoms with Crippen molar-refractivity contribution in [2.24, 2.45) is 0 Å². The quantitative estimate of drug-likeness (QED) is 0.135. The highest BCUT2D eigenvalue weighted by molar-refractivity contribution is 7.05. The second-order valence-corrected chi connectivity index (χ2v) is 19.5. The Balaban J connectivity index is 1.54. The van der Waals surface area contributed by atoms with Crippen LogP contribution in [-0.4, -0.2) is 8.07 Å². The zero-order valence-electron chi connectivity index (χ0n) is 27.5. The summed E-state index contributed by atoms with van der Waals surface area (Å²) in [6.45, 7) is 18.7. The summed E-state index contributed by atoms with van der Waals surface area (Å²) in [6.07, 6.45) is 0. The number of hydrogen-bond donors (Lipinski definition) is 0. The van der Waals surface area contributed by atoms with Crippen LogP contribution in [0.5, 0.6) is 0 Å². The van der Waals surface area contributed by atoms with Crippen LogP contribution in [-0.2, 0) is 5.41 Å². The molecule has 1 aromatic heterocycles. The smallest absolute Gasteiger partial charge is 0.136 e. The van der Waals surface area contributed by atoms with E-state index in [4.69, 9.17) is 4.42 Å². The van der Waals surface area contributed by atoms with Gasteiger partial charge in [-0.25, -0.2) is 0 Å². The second-order valence-electron chi connectivity index (χ2n) is 15.2. The molecular formula is C43H38OSi. The lowest BCUT2D eigenvalue weighted by molar-refractivity contribution is 0.590. The molecule has 45 heavy (non-hydrogen) atoms. The van der Waals surface area contributed by atoms with Gasteiger partial charge in [-0.3, -0.25) is 0 Å². The number of fused-ring (bicyclic) bond motifs is 8. The van der Waals surface area contributed by atoms with E-state index < -0.39 is 8.07 Å². The fraction of sp³-hybridized carbons (Fsp3) is 0.209. The van der Waals surface area contributed by atoms with Crippen LogP contribution < -0.4 is 10.4 Å². The number of rotatable bonds is 1. The van der Waals surface area contributed by atoms with Crippen LogP contribution in [0.15, 0.2) is 89.3 Å². The van der Waals surface area contributed by atoms with Crippen molar-refractivity contribution >= 4 is 72.7 Å². The minimum atomic E-state index is -1.96. The summed E-state index contributed by atoms with van der Waals surface area (Å²) in [5, 5.41) is 13.7. The van der Waals surface area contributed by atoms with Gasteiger partial charge in [0.05, 0.1) is 0 Å². The van der Waals surface area contributed by atoms with Crippen molar-refractivity contribution in [3.8, 4) is 22.3 Å². The van der Waals surface area contributed by atoms with Gasteiger partial charge < -0.3 is 4.42 Å². The molecule has 0 N–H and O–H groups in total. The van der Waals surface area contributed by atoms with Crippen LogP contribution in [0, 0.1) is 20.8 Å². The van der Waals surface area contributed by atoms with E-state index in [1.165, 1.54) is 87.6 Å². The fourth-order valence-corrected chi connectivity index (χ4v) is 12.3. The minimum Gasteiger partial charge on any atom is -0.456 e. The Morgan fingerprint density at radius 1 is 0.578 bits per heavy atom. The van der Waals surface area contributed by atoms with Gasteiger partial charge in [-0.1, -0.05) is 94.0 Å². The summed E-state index contributed by atoms with van der Waals surface area (Å²) >= 11 is 0. The zero-order chi connectivity index (χ0) is 31.2. The molecular weight excluding hydrogens is 561 g/mol. The third-order valence-electron chi connectivity index (χ3n) is 10.8. The Morgan fingerprint density at radius 2 is 1.33 bits per heavy atom. The van der Waals surface area contributed by atoms with Gasteiger partial charge in [-0.2, -0.15) is 0 Å². The van der Waals surface area contributed by atoms with Crippen molar-refractivity contribution in [1.29, 1.82) is 0 Å². The van der Waals surface area contributed by atoms with Crippen LogP contribution in [0.25, 0.3) is 76.5 Å². The second kappa shape index (κ2) is 8.65. The van der Waals surface area contributed by atoms with Crippen molar-refractivity contribution in [3.05, 3.63) is 107 Å². The van der Waals surface area contributed by atoms with E-state index in [1.54, 1.807) is 10.4 Å². The molecule has 0 saturated heterocycles. The van der Waals surface area contributed by atoms with E-state index >= 15 is 0 Å². The highest BCUT2D eigenvalue weighted by atomic mass is 28.3. The predicted molar refractivity (Wildman–Crippen MR) is 198 cm³/mol. The van der Waals surface area contributed by atoms with Gasteiger partial charge in [0.2, 0.25) is 0 Å². The van der Waals surface area contributed by atoms with Gasteiger partial charge in [0.15, 0.2) is 0 Å².